The molecular weight excluding hydrogens is 371 g/mol. The van der Waals surface area contributed by atoms with Crippen LogP contribution in [-0.4, -0.2) is 38.7 Å². The summed E-state index contributed by atoms with van der Waals surface area (Å²) < 4.78 is 11.7. The third-order valence-electron chi connectivity index (χ3n) is 3.77. The molecule has 1 N–H and O–H groups in total. The van der Waals surface area contributed by atoms with Crippen LogP contribution in [0.5, 0.6) is 11.5 Å². The number of nitrogens with one attached hydrogen (secondary N) is 1. The van der Waals surface area contributed by atoms with Crippen LogP contribution in [0.15, 0.2) is 36.4 Å². The van der Waals surface area contributed by atoms with Crippen molar-refractivity contribution in [3.05, 3.63) is 57.6 Å². The van der Waals surface area contributed by atoms with Crippen LogP contribution >= 0.6 is 23.2 Å². The predicted octanol–water partition coefficient (Wildman–Crippen LogP) is 4.62. The lowest BCUT2D eigenvalue weighted by Gasteiger charge is -2.15. The fraction of sp³-hybridized carbons (Fsp3) is 0.400. The Morgan fingerprint density at radius 1 is 1.00 bits per heavy atom. The number of hydrogen-bond acceptors (Lipinski definition) is 4. The van der Waals surface area contributed by atoms with Crippen molar-refractivity contribution in [2.75, 3.05) is 33.8 Å². The summed E-state index contributed by atoms with van der Waals surface area (Å²) in [6.45, 7) is 5.62. The number of benzene rings is 2. The van der Waals surface area contributed by atoms with Gasteiger partial charge in [-0.2, -0.15) is 0 Å². The monoisotopic (exact) mass is 396 g/mol. The van der Waals surface area contributed by atoms with Crippen molar-refractivity contribution in [2.24, 2.45) is 0 Å². The fourth-order valence-electron chi connectivity index (χ4n) is 2.38. The third kappa shape index (κ3) is 6.69. The van der Waals surface area contributed by atoms with Crippen LogP contribution in [0.1, 0.15) is 18.1 Å². The minimum Gasteiger partial charge on any atom is -0.490 e. The molecule has 0 aliphatic rings. The van der Waals surface area contributed by atoms with Crippen LogP contribution in [0, 0.1) is 0 Å². The van der Waals surface area contributed by atoms with Crippen LogP contribution in [0.3, 0.4) is 0 Å². The Labute approximate surface area is 166 Å². The van der Waals surface area contributed by atoms with Crippen LogP contribution in [0.2, 0.25) is 10.0 Å². The van der Waals surface area contributed by atoms with E-state index < -0.39 is 0 Å². The maximum absolute atomic E-state index is 6.21. The molecule has 2 aromatic carbocycles. The van der Waals surface area contributed by atoms with Crippen molar-refractivity contribution in [1.29, 1.82) is 0 Å². The van der Waals surface area contributed by atoms with Gasteiger partial charge >= 0.3 is 0 Å². The van der Waals surface area contributed by atoms with Gasteiger partial charge in [-0.15, -0.1) is 0 Å². The molecule has 0 saturated carbocycles. The largest absolute Gasteiger partial charge is 0.490 e. The van der Waals surface area contributed by atoms with Gasteiger partial charge < -0.3 is 19.7 Å². The lowest BCUT2D eigenvalue weighted by atomic mass is 10.2. The quantitative estimate of drug-likeness (QED) is 0.593. The van der Waals surface area contributed by atoms with Gasteiger partial charge in [-0.1, -0.05) is 35.3 Å². The highest BCUT2D eigenvalue weighted by Gasteiger charge is 2.09. The zero-order valence-electron chi connectivity index (χ0n) is 15.5. The molecule has 0 unspecified atom stereocenters. The van der Waals surface area contributed by atoms with Gasteiger partial charge in [-0.25, -0.2) is 0 Å². The van der Waals surface area contributed by atoms with E-state index in [1.165, 1.54) is 0 Å². The van der Waals surface area contributed by atoms with E-state index in [2.05, 4.69) is 24.3 Å². The normalized spacial score (nSPS) is 11.0. The molecule has 2 aromatic rings. The Morgan fingerprint density at radius 2 is 1.81 bits per heavy atom. The minimum atomic E-state index is 0.358. The average Bonchev–Trinajstić information content (AvgIpc) is 2.59. The molecule has 0 spiro atoms. The Kier molecular flexibility index (Phi) is 8.52. The number of halogens is 2. The average molecular weight is 397 g/mol. The molecule has 6 heteroatoms. The second-order valence-electron chi connectivity index (χ2n) is 6.22. The minimum absolute atomic E-state index is 0.358. The van der Waals surface area contributed by atoms with E-state index in [1.54, 1.807) is 12.1 Å². The summed E-state index contributed by atoms with van der Waals surface area (Å²) in [7, 11) is 4.13. The molecular formula is C20H26Cl2N2O2. The van der Waals surface area contributed by atoms with E-state index in [1.807, 2.05) is 31.2 Å². The second kappa shape index (κ2) is 10.6. The van der Waals surface area contributed by atoms with Crippen molar-refractivity contribution < 1.29 is 9.47 Å². The SMILES string of the molecule is CCOc1cc(CNCCN(C)C)ccc1OCc1ccc(Cl)cc1Cl. The summed E-state index contributed by atoms with van der Waals surface area (Å²) in [6, 6.07) is 11.4. The summed E-state index contributed by atoms with van der Waals surface area (Å²) in [5.41, 5.74) is 2.04. The lowest BCUT2D eigenvalue weighted by molar-refractivity contribution is 0.269. The zero-order valence-corrected chi connectivity index (χ0v) is 17.0. The molecule has 0 bridgehead atoms. The zero-order chi connectivity index (χ0) is 18.9. The summed E-state index contributed by atoms with van der Waals surface area (Å²) in [5.74, 6) is 1.44. The van der Waals surface area contributed by atoms with Crippen LogP contribution in [0.25, 0.3) is 0 Å². The van der Waals surface area contributed by atoms with Gasteiger partial charge in [0.25, 0.3) is 0 Å². The molecule has 0 atom stereocenters. The van der Waals surface area contributed by atoms with E-state index in [-0.39, 0.29) is 0 Å². The van der Waals surface area contributed by atoms with Crippen molar-refractivity contribution in [1.82, 2.24) is 10.2 Å². The van der Waals surface area contributed by atoms with E-state index >= 15 is 0 Å². The van der Waals surface area contributed by atoms with Gasteiger partial charge in [0.2, 0.25) is 0 Å². The summed E-state index contributed by atoms with van der Waals surface area (Å²) >= 11 is 12.1. The first kappa shape index (κ1) is 20.8. The van der Waals surface area contributed by atoms with Gasteiger partial charge in [0, 0.05) is 35.2 Å². The van der Waals surface area contributed by atoms with Crippen LogP contribution < -0.4 is 14.8 Å². The maximum atomic E-state index is 6.21. The van der Waals surface area contributed by atoms with Gasteiger partial charge in [-0.3, -0.25) is 0 Å². The van der Waals surface area contributed by atoms with Gasteiger partial charge in [0.05, 0.1) is 6.61 Å². The van der Waals surface area contributed by atoms with Crippen LogP contribution in [0.4, 0.5) is 0 Å². The Bertz CT molecular complexity index is 708. The van der Waals surface area contributed by atoms with E-state index in [0.717, 1.165) is 36.5 Å². The fourth-order valence-corrected chi connectivity index (χ4v) is 2.84. The van der Waals surface area contributed by atoms with E-state index in [9.17, 15) is 0 Å². The van der Waals surface area contributed by atoms with Crippen LogP contribution in [-0.2, 0) is 13.2 Å². The van der Waals surface area contributed by atoms with Gasteiger partial charge in [-0.05, 0) is 50.8 Å². The highest BCUT2D eigenvalue weighted by Crippen LogP contribution is 2.30. The Balaban J connectivity index is 2.00. The molecule has 26 heavy (non-hydrogen) atoms. The smallest absolute Gasteiger partial charge is 0.161 e. The van der Waals surface area contributed by atoms with Crippen molar-refractivity contribution in [2.45, 2.75) is 20.1 Å². The highest BCUT2D eigenvalue weighted by atomic mass is 35.5. The molecule has 0 aliphatic carbocycles. The van der Waals surface area contributed by atoms with Crippen molar-refractivity contribution in [3.8, 4) is 11.5 Å². The highest BCUT2D eigenvalue weighted by molar-refractivity contribution is 6.35. The molecule has 0 amide bonds. The number of rotatable bonds is 10. The first-order chi connectivity index (χ1) is 12.5. The van der Waals surface area contributed by atoms with Gasteiger partial charge in [0.15, 0.2) is 11.5 Å². The molecule has 0 fully saturated rings. The van der Waals surface area contributed by atoms with Crippen molar-refractivity contribution in [3.63, 3.8) is 0 Å². The molecule has 4 nitrogen and oxygen atoms in total. The van der Waals surface area contributed by atoms with E-state index in [4.69, 9.17) is 32.7 Å². The second-order valence-corrected chi connectivity index (χ2v) is 7.06. The number of hydrogen-bond donors (Lipinski definition) is 1. The third-order valence-corrected chi connectivity index (χ3v) is 4.36. The van der Waals surface area contributed by atoms with Crippen molar-refractivity contribution >= 4 is 23.2 Å². The Morgan fingerprint density at radius 3 is 2.50 bits per heavy atom. The first-order valence-corrected chi connectivity index (χ1v) is 9.43. The summed E-state index contributed by atoms with van der Waals surface area (Å²) in [6.07, 6.45) is 0. The maximum Gasteiger partial charge on any atom is 0.161 e. The van der Waals surface area contributed by atoms with Gasteiger partial charge in [0.1, 0.15) is 6.61 Å². The lowest BCUT2D eigenvalue weighted by Crippen LogP contribution is -2.26. The number of ether oxygens (including phenoxy) is 2. The molecule has 2 rings (SSSR count). The molecule has 0 heterocycles. The summed E-state index contributed by atoms with van der Waals surface area (Å²) in [4.78, 5) is 2.15. The number of likely N-dealkylation sites (N-methyl/N-ethyl adjacent to an activating group) is 1. The molecule has 0 aliphatic heterocycles. The number of nitrogens with zero attached hydrogens (tertiary/aromatic N) is 1. The standard InChI is InChI=1S/C20H26Cl2N2O2/c1-4-25-20-11-15(13-23-9-10-24(2)3)5-8-19(20)26-14-16-6-7-17(21)12-18(16)22/h5-8,11-12,23H,4,9-10,13-14H2,1-3H3. The predicted molar refractivity (Wildman–Crippen MR) is 109 cm³/mol. The molecule has 0 radical (unpaired) electrons. The topological polar surface area (TPSA) is 33.7 Å². The molecule has 142 valence electrons. The molecule has 0 saturated heterocycles. The molecule has 0 aromatic heterocycles. The Hall–Kier alpha value is -1.46. The van der Waals surface area contributed by atoms with E-state index in [0.29, 0.717) is 29.0 Å². The summed E-state index contributed by atoms with van der Waals surface area (Å²) in [5, 5.41) is 4.63. The first-order valence-electron chi connectivity index (χ1n) is 8.67.